The minimum atomic E-state index is -0.300. The first kappa shape index (κ1) is 19.9. The third kappa shape index (κ3) is 3.21. The Balaban J connectivity index is 1.65. The number of carbonyl (C=O) groups excluding carboxylic acids is 1. The third-order valence-electron chi connectivity index (χ3n) is 5.84. The van der Waals surface area contributed by atoms with Gasteiger partial charge in [-0.2, -0.15) is 5.10 Å². The SMILES string of the molecule is CCc1nn2c(C)c(C(=O)Nc3ccccc3C)nnc2c1-c1cccc2ccccc12. The number of nitrogens with one attached hydrogen (secondary N) is 1. The van der Waals surface area contributed by atoms with Gasteiger partial charge in [-0.1, -0.05) is 67.6 Å². The van der Waals surface area contributed by atoms with E-state index in [2.05, 4.69) is 46.7 Å². The van der Waals surface area contributed by atoms with Crippen LogP contribution in [-0.2, 0) is 6.42 Å². The molecular weight excluding hydrogens is 398 g/mol. The molecule has 0 aliphatic heterocycles. The van der Waals surface area contributed by atoms with Crippen molar-refractivity contribution in [3.05, 3.63) is 89.4 Å². The summed E-state index contributed by atoms with van der Waals surface area (Å²) >= 11 is 0. The van der Waals surface area contributed by atoms with Gasteiger partial charge in [0.15, 0.2) is 11.3 Å². The Morgan fingerprint density at radius 1 is 0.938 bits per heavy atom. The molecule has 0 saturated carbocycles. The number of amides is 1. The van der Waals surface area contributed by atoms with Crippen LogP contribution in [0.2, 0.25) is 0 Å². The molecule has 0 radical (unpaired) electrons. The molecule has 0 saturated heterocycles. The van der Waals surface area contributed by atoms with E-state index in [1.165, 1.54) is 0 Å². The number of fused-ring (bicyclic) bond motifs is 2. The molecule has 3 aromatic carbocycles. The molecule has 0 atom stereocenters. The van der Waals surface area contributed by atoms with Gasteiger partial charge in [0.1, 0.15) is 0 Å². The Hall–Kier alpha value is -4.06. The lowest BCUT2D eigenvalue weighted by atomic mass is 9.97. The summed E-state index contributed by atoms with van der Waals surface area (Å²) in [5.74, 6) is -0.300. The monoisotopic (exact) mass is 421 g/mol. The number of aryl methyl sites for hydroxylation is 3. The van der Waals surface area contributed by atoms with Crippen molar-refractivity contribution in [2.24, 2.45) is 0 Å². The number of rotatable bonds is 4. The number of nitrogens with zero attached hydrogens (tertiary/aromatic N) is 4. The van der Waals surface area contributed by atoms with E-state index in [1.54, 1.807) is 4.52 Å². The van der Waals surface area contributed by atoms with Gasteiger partial charge in [-0.05, 0) is 48.2 Å². The molecule has 158 valence electrons. The summed E-state index contributed by atoms with van der Waals surface area (Å²) in [6, 6.07) is 22.2. The van der Waals surface area contributed by atoms with Crippen LogP contribution in [0.15, 0.2) is 66.7 Å². The third-order valence-corrected chi connectivity index (χ3v) is 5.84. The maximum atomic E-state index is 13.0. The summed E-state index contributed by atoms with van der Waals surface area (Å²) < 4.78 is 1.75. The summed E-state index contributed by atoms with van der Waals surface area (Å²) in [6.45, 7) is 5.88. The number of aromatic nitrogens is 4. The van der Waals surface area contributed by atoms with E-state index in [0.717, 1.165) is 45.3 Å². The second kappa shape index (κ2) is 7.89. The molecule has 0 aliphatic rings. The quantitative estimate of drug-likeness (QED) is 0.423. The number of benzene rings is 3. The molecule has 2 aromatic heterocycles. The Morgan fingerprint density at radius 2 is 1.69 bits per heavy atom. The number of hydrogen-bond donors (Lipinski definition) is 1. The number of para-hydroxylation sites is 1. The van der Waals surface area contributed by atoms with Crippen LogP contribution in [0.3, 0.4) is 0 Å². The van der Waals surface area contributed by atoms with Crippen LogP contribution in [0.5, 0.6) is 0 Å². The first-order valence-electron chi connectivity index (χ1n) is 10.7. The predicted octanol–water partition coefficient (Wildman–Crippen LogP) is 5.38. The van der Waals surface area contributed by atoms with Gasteiger partial charge < -0.3 is 5.32 Å². The summed E-state index contributed by atoms with van der Waals surface area (Å²) in [4.78, 5) is 13.0. The summed E-state index contributed by atoms with van der Waals surface area (Å²) in [6.07, 6.45) is 0.742. The Labute approximate surface area is 185 Å². The van der Waals surface area contributed by atoms with Gasteiger partial charge >= 0.3 is 0 Å². The van der Waals surface area contributed by atoms with E-state index in [9.17, 15) is 4.79 Å². The molecule has 32 heavy (non-hydrogen) atoms. The Morgan fingerprint density at radius 3 is 2.50 bits per heavy atom. The molecule has 2 heterocycles. The van der Waals surface area contributed by atoms with E-state index in [0.29, 0.717) is 11.3 Å². The molecule has 1 N–H and O–H groups in total. The van der Waals surface area contributed by atoms with E-state index >= 15 is 0 Å². The molecular formula is C26H23N5O. The molecule has 5 rings (SSSR count). The summed E-state index contributed by atoms with van der Waals surface area (Å²) in [5, 5.41) is 18.8. The number of hydrogen-bond acceptors (Lipinski definition) is 4. The fraction of sp³-hybridized carbons (Fsp3) is 0.154. The maximum absolute atomic E-state index is 13.0. The van der Waals surface area contributed by atoms with Gasteiger partial charge in [-0.3, -0.25) is 4.79 Å². The largest absolute Gasteiger partial charge is 0.320 e. The van der Waals surface area contributed by atoms with Crippen LogP contribution in [0, 0.1) is 13.8 Å². The van der Waals surface area contributed by atoms with Crippen LogP contribution in [-0.4, -0.2) is 25.7 Å². The zero-order valence-electron chi connectivity index (χ0n) is 18.3. The van der Waals surface area contributed by atoms with Gasteiger partial charge in [0.25, 0.3) is 5.91 Å². The molecule has 0 bridgehead atoms. The first-order valence-corrected chi connectivity index (χ1v) is 10.7. The number of anilines is 1. The van der Waals surface area contributed by atoms with Gasteiger partial charge in [-0.15, -0.1) is 10.2 Å². The zero-order valence-corrected chi connectivity index (χ0v) is 18.3. The fourth-order valence-corrected chi connectivity index (χ4v) is 4.12. The highest BCUT2D eigenvalue weighted by Crippen LogP contribution is 2.34. The van der Waals surface area contributed by atoms with Crippen molar-refractivity contribution in [3.8, 4) is 11.1 Å². The highest BCUT2D eigenvalue weighted by atomic mass is 16.2. The van der Waals surface area contributed by atoms with Crippen molar-refractivity contribution >= 4 is 28.0 Å². The van der Waals surface area contributed by atoms with Crippen LogP contribution >= 0.6 is 0 Å². The molecule has 6 nitrogen and oxygen atoms in total. The Kier molecular flexibility index (Phi) is 4.90. The second-order valence-electron chi connectivity index (χ2n) is 7.84. The van der Waals surface area contributed by atoms with Crippen LogP contribution < -0.4 is 5.32 Å². The normalized spacial score (nSPS) is 11.2. The van der Waals surface area contributed by atoms with Crippen molar-refractivity contribution in [1.29, 1.82) is 0 Å². The minimum Gasteiger partial charge on any atom is -0.320 e. The summed E-state index contributed by atoms with van der Waals surface area (Å²) in [7, 11) is 0. The molecule has 5 aromatic rings. The highest BCUT2D eigenvalue weighted by molar-refractivity contribution is 6.04. The predicted molar refractivity (Wildman–Crippen MR) is 127 cm³/mol. The molecule has 0 fully saturated rings. The maximum Gasteiger partial charge on any atom is 0.278 e. The van der Waals surface area contributed by atoms with Crippen LogP contribution in [0.1, 0.15) is 34.4 Å². The molecule has 0 aliphatic carbocycles. The molecule has 0 spiro atoms. The van der Waals surface area contributed by atoms with Gasteiger partial charge in [0.05, 0.1) is 17.0 Å². The smallest absolute Gasteiger partial charge is 0.278 e. The zero-order chi connectivity index (χ0) is 22.2. The van der Waals surface area contributed by atoms with Crippen molar-refractivity contribution < 1.29 is 4.79 Å². The average Bonchev–Trinajstić information content (AvgIpc) is 3.20. The van der Waals surface area contributed by atoms with E-state index < -0.39 is 0 Å². The van der Waals surface area contributed by atoms with Crippen molar-refractivity contribution in [2.75, 3.05) is 5.32 Å². The van der Waals surface area contributed by atoms with Crippen molar-refractivity contribution in [3.63, 3.8) is 0 Å². The lowest BCUT2D eigenvalue weighted by Gasteiger charge is -2.10. The van der Waals surface area contributed by atoms with E-state index in [1.807, 2.05) is 56.3 Å². The van der Waals surface area contributed by atoms with Gasteiger partial charge in [0.2, 0.25) is 0 Å². The average molecular weight is 422 g/mol. The first-order chi connectivity index (χ1) is 15.6. The van der Waals surface area contributed by atoms with E-state index in [-0.39, 0.29) is 11.6 Å². The van der Waals surface area contributed by atoms with Crippen molar-refractivity contribution in [2.45, 2.75) is 27.2 Å². The van der Waals surface area contributed by atoms with Crippen LogP contribution in [0.25, 0.3) is 27.5 Å². The minimum absolute atomic E-state index is 0.260. The van der Waals surface area contributed by atoms with Gasteiger partial charge in [-0.25, -0.2) is 4.52 Å². The highest BCUT2D eigenvalue weighted by Gasteiger charge is 2.22. The van der Waals surface area contributed by atoms with Crippen LogP contribution in [0.4, 0.5) is 5.69 Å². The lowest BCUT2D eigenvalue weighted by molar-refractivity contribution is 0.102. The van der Waals surface area contributed by atoms with E-state index in [4.69, 9.17) is 5.10 Å². The lowest BCUT2D eigenvalue weighted by Crippen LogP contribution is -2.19. The molecule has 1 amide bonds. The van der Waals surface area contributed by atoms with Crippen molar-refractivity contribution in [1.82, 2.24) is 19.8 Å². The Bertz CT molecular complexity index is 1480. The number of carbonyl (C=O) groups is 1. The summed E-state index contributed by atoms with van der Waals surface area (Å²) in [5.41, 5.74) is 6.27. The molecule has 6 heteroatoms. The molecule has 0 unspecified atom stereocenters. The standard InChI is InChI=1S/C26H23N5O/c1-4-21-23(20-14-9-12-18-11-6-7-13-19(18)20)25-29-28-24(17(3)31(25)30-21)26(32)27-22-15-8-5-10-16(22)2/h5-15H,4H2,1-3H3,(H,27,32). The fourth-order valence-electron chi connectivity index (χ4n) is 4.12. The van der Waals surface area contributed by atoms with Gasteiger partial charge in [0, 0.05) is 5.69 Å². The topological polar surface area (TPSA) is 72.2 Å². The second-order valence-corrected chi connectivity index (χ2v) is 7.84.